The summed E-state index contributed by atoms with van der Waals surface area (Å²) in [5, 5.41) is 1.28. The molecule has 0 bridgehead atoms. The highest BCUT2D eigenvalue weighted by Crippen LogP contribution is 2.38. The van der Waals surface area contributed by atoms with Gasteiger partial charge >= 0.3 is 0 Å². The standard InChI is InChI=1S/C30H35ClN2O2S/c1-20(2)33(29(35)27(31)21-9-7-6-8-10-21)19-26(34)32-17-15-25-24(16-18-36-25)28(32)22-11-13-23(14-12-22)30(3,4)5/h6-14,16,18,20,27-28H,15,17,19H2,1-5H3. The van der Waals surface area contributed by atoms with Crippen LogP contribution in [0.25, 0.3) is 0 Å². The Kier molecular flexibility index (Phi) is 7.91. The SMILES string of the molecule is CC(C)N(CC(=O)N1CCc2sccc2C1c1ccc(C(C)(C)C)cc1)C(=O)C(Cl)c1ccccc1. The van der Waals surface area contributed by atoms with E-state index in [4.69, 9.17) is 11.6 Å². The predicted octanol–water partition coefficient (Wildman–Crippen LogP) is 6.74. The number of halogens is 1. The van der Waals surface area contributed by atoms with Gasteiger partial charge in [0.15, 0.2) is 0 Å². The number of rotatable bonds is 6. The van der Waals surface area contributed by atoms with Gasteiger partial charge < -0.3 is 9.80 Å². The maximum absolute atomic E-state index is 13.8. The van der Waals surface area contributed by atoms with E-state index < -0.39 is 5.38 Å². The van der Waals surface area contributed by atoms with Gasteiger partial charge in [0.05, 0.1) is 6.04 Å². The molecule has 2 atom stereocenters. The number of benzene rings is 2. The Bertz CT molecular complexity index is 1200. The van der Waals surface area contributed by atoms with Gasteiger partial charge in [0.25, 0.3) is 0 Å². The second kappa shape index (κ2) is 10.8. The van der Waals surface area contributed by atoms with Gasteiger partial charge in [-0.3, -0.25) is 9.59 Å². The molecule has 2 heterocycles. The summed E-state index contributed by atoms with van der Waals surface area (Å²) in [5.41, 5.74) is 4.34. The van der Waals surface area contributed by atoms with Crippen molar-refractivity contribution in [3.63, 3.8) is 0 Å². The number of amides is 2. The van der Waals surface area contributed by atoms with E-state index in [0.717, 1.165) is 17.5 Å². The molecule has 2 aromatic carbocycles. The summed E-state index contributed by atoms with van der Waals surface area (Å²) in [6.07, 6.45) is 0.826. The summed E-state index contributed by atoms with van der Waals surface area (Å²) in [5.74, 6) is -0.304. The zero-order valence-electron chi connectivity index (χ0n) is 21.7. The van der Waals surface area contributed by atoms with E-state index in [9.17, 15) is 9.59 Å². The fourth-order valence-electron chi connectivity index (χ4n) is 4.77. The molecule has 190 valence electrons. The normalized spacial score (nSPS) is 16.5. The molecule has 0 saturated heterocycles. The van der Waals surface area contributed by atoms with E-state index in [2.05, 4.69) is 56.5 Å². The predicted molar refractivity (Wildman–Crippen MR) is 149 cm³/mol. The Labute approximate surface area is 223 Å². The van der Waals surface area contributed by atoms with E-state index in [1.165, 1.54) is 16.0 Å². The zero-order chi connectivity index (χ0) is 26.0. The topological polar surface area (TPSA) is 40.6 Å². The van der Waals surface area contributed by atoms with Gasteiger partial charge in [-0.05, 0) is 59.4 Å². The third kappa shape index (κ3) is 5.52. The van der Waals surface area contributed by atoms with Crippen molar-refractivity contribution in [3.8, 4) is 0 Å². The smallest absolute Gasteiger partial charge is 0.245 e. The molecule has 0 N–H and O–H groups in total. The fourth-order valence-corrected chi connectivity index (χ4v) is 5.95. The number of nitrogens with zero attached hydrogens (tertiary/aromatic N) is 2. The lowest BCUT2D eigenvalue weighted by molar-refractivity contribution is -0.143. The summed E-state index contributed by atoms with van der Waals surface area (Å²) in [6.45, 7) is 11.1. The van der Waals surface area contributed by atoms with Gasteiger partial charge in [-0.1, -0.05) is 75.4 Å². The number of fused-ring (bicyclic) bond motifs is 1. The molecule has 6 heteroatoms. The van der Waals surface area contributed by atoms with Crippen LogP contribution in [0.5, 0.6) is 0 Å². The maximum atomic E-state index is 13.8. The van der Waals surface area contributed by atoms with Crippen LogP contribution < -0.4 is 0 Å². The first-order valence-corrected chi connectivity index (χ1v) is 13.8. The third-order valence-corrected chi connectivity index (χ3v) is 8.33. The quantitative estimate of drug-likeness (QED) is 0.336. The van der Waals surface area contributed by atoms with Gasteiger partial charge in [0.2, 0.25) is 11.8 Å². The van der Waals surface area contributed by atoms with Gasteiger partial charge in [0.1, 0.15) is 11.9 Å². The van der Waals surface area contributed by atoms with Crippen molar-refractivity contribution in [1.29, 1.82) is 0 Å². The molecule has 4 rings (SSSR count). The Morgan fingerprint density at radius 2 is 1.72 bits per heavy atom. The molecular weight excluding hydrogens is 488 g/mol. The second-order valence-corrected chi connectivity index (χ2v) is 12.2. The van der Waals surface area contributed by atoms with Crippen LogP contribution in [0.15, 0.2) is 66.0 Å². The van der Waals surface area contributed by atoms with Gasteiger partial charge in [0, 0.05) is 17.5 Å². The average Bonchev–Trinajstić information content (AvgIpc) is 3.34. The van der Waals surface area contributed by atoms with Crippen LogP contribution in [0.3, 0.4) is 0 Å². The molecule has 36 heavy (non-hydrogen) atoms. The number of carbonyl (C=O) groups excluding carboxylic acids is 2. The van der Waals surface area contributed by atoms with Gasteiger partial charge in [-0.2, -0.15) is 0 Å². The van der Waals surface area contributed by atoms with Crippen molar-refractivity contribution in [2.75, 3.05) is 13.1 Å². The molecule has 0 spiro atoms. The highest BCUT2D eigenvalue weighted by atomic mass is 35.5. The van der Waals surface area contributed by atoms with Crippen molar-refractivity contribution < 1.29 is 9.59 Å². The molecule has 1 aliphatic heterocycles. The molecule has 0 fully saturated rings. The minimum Gasteiger partial charge on any atom is -0.330 e. The Morgan fingerprint density at radius 1 is 1.06 bits per heavy atom. The largest absolute Gasteiger partial charge is 0.330 e. The summed E-state index contributed by atoms with van der Waals surface area (Å²) in [4.78, 5) is 32.1. The number of hydrogen-bond donors (Lipinski definition) is 0. The number of thiophene rings is 1. The van der Waals surface area contributed by atoms with Crippen molar-refractivity contribution in [2.24, 2.45) is 0 Å². The highest BCUT2D eigenvalue weighted by Gasteiger charge is 2.35. The molecule has 2 unspecified atom stereocenters. The average molecular weight is 523 g/mol. The number of hydrogen-bond acceptors (Lipinski definition) is 3. The minimum atomic E-state index is -0.827. The number of carbonyl (C=O) groups is 2. The van der Waals surface area contributed by atoms with Crippen LogP contribution in [0.1, 0.15) is 73.2 Å². The molecule has 0 radical (unpaired) electrons. The summed E-state index contributed by atoms with van der Waals surface area (Å²) >= 11 is 8.33. The summed E-state index contributed by atoms with van der Waals surface area (Å²) < 4.78 is 0. The van der Waals surface area contributed by atoms with Crippen molar-refractivity contribution >= 4 is 34.8 Å². The molecule has 3 aromatic rings. The third-order valence-electron chi connectivity index (χ3n) is 6.90. The lowest BCUT2D eigenvalue weighted by Gasteiger charge is -2.38. The van der Waals surface area contributed by atoms with E-state index in [-0.39, 0.29) is 35.9 Å². The van der Waals surface area contributed by atoms with Gasteiger partial charge in [-0.15, -0.1) is 22.9 Å². The van der Waals surface area contributed by atoms with Crippen LogP contribution in [0.4, 0.5) is 0 Å². The van der Waals surface area contributed by atoms with E-state index in [1.807, 2.05) is 49.1 Å². The van der Waals surface area contributed by atoms with Crippen molar-refractivity contribution in [1.82, 2.24) is 9.80 Å². The Hall–Kier alpha value is -2.63. The first-order chi connectivity index (χ1) is 17.1. The first-order valence-electron chi connectivity index (χ1n) is 12.5. The van der Waals surface area contributed by atoms with Gasteiger partial charge in [-0.25, -0.2) is 0 Å². The second-order valence-electron chi connectivity index (χ2n) is 10.7. The molecule has 2 amide bonds. The van der Waals surface area contributed by atoms with Crippen LogP contribution in [-0.4, -0.2) is 40.7 Å². The van der Waals surface area contributed by atoms with E-state index >= 15 is 0 Å². The lowest BCUT2D eigenvalue weighted by atomic mass is 9.85. The van der Waals surface area contributed by atoms with E-state index in [0.29, 0.717) is 6.54 Å². The molecule has 4 nitrogen and oxygen atoms in total. The maximum Gasteiger partial charge on any atom is 0.245 e. The van der Waals surface area contributed by atoms with Crippen LogP contribution >= 0.6 is 22.9 Å². The molecule has 1 aliphatic rings. The van der Waals surface area contributed by atoms with E-state index in [1.54, 1.807) is 16.2 Å². The molecular formula is C30H35ClN2O2S. The first kappa shape index (κ1) is 26.4. The lowest BCUT2D eigenvalue weighted by Crippen LogP contribution is -2.49. The Morgan fingerprint density at radius 3 is 2.33 bits per heavy atom. The van der Waals surface area contributed by atoms with Crippen LogP contribution in [0, 0.1) is 0 Å². The molecule has 1 aromatic heterocycles. The van der Waals surface area contributed by atoms with Crippen molar-refractivity contribution in [3.05, 3.63) is 93.2 Å². The molecule has 0 aliphatic carbocycles. The van der Waals surface area contributed by atoms with Crippen LogP contribution in [-0.2, 0) is 21.4 Å². The fraction of sp³-hybridized carbons (Fsp3) is 0.400. The minimum absolute atomic E-state index is 0.00258. The monoisotopic (exact) mass is 522 g/mol. The summed E-state index contributed by atoms with van der Waals surface area (Å²) in [6, 6.07) is 19.8. The van der Waals surface area contributed by atoms with Crippen LogP contribution in [0.2, 0.25) is 0 Å². The number of alkyl halides is 1. The Balaban J connectivity index is 1.61. The zero-order valence-corrected chi connectivity index (χ0v) is 23.3. The summed E-state index contributed by atoms with van der Waals surface area (Å²) in [7, 11) is 0. The van der Waals surface area contributed by atoms with Crippen molar-refractivity contribution in [2.45, 2.75) is 63.9 Å². The molecule has 0 saturated carbocycles. The highest BCUT2D eigenvalue weighted by molar-refractivity contribution is 7.10.